The van der Waals surface area contributed by atoms with Crippen LogP contribution in [0.4, 0.5) is 8.78 Å². The smallest absolute Gasteiger partial charge is 0.265 e. The Morgan fingerprint density at radius 2 is 1.89 bits per heavy atom. The molecule has 0 fully saturated rings. The highest BCUT2D eigenvalue weighted by atomic mass is 35.5. The Balaban J connectivity index is 2.61. The molecule has 0 aliphatic heterocycles. The summed E-state index contributed by atoms with van der Waals surface area (Å²) in [6.45, 7) is -0.745. The third-order valence-electron chi connectivity index (χ3n) is 2.09. The van der Waals surface area contributed by atoms with Gasteiger partial charge in [0.05, 0.1) is 0 Å². The molecule has 8 heteroatoms. The molecule has 1 aromatic rings. The molecule has 0 bridgehead atoms. The molecule has 19 heavy (non-hydrogen) atoms. The van der Waals surface area contributed by atoms with Crippen molar-refractivity contribution in [3.05, 3.63) is 40.3 Å². The summed E-state index contributed by atoms with van der Waals surface area (Å²) in [7, 11) is -3.88. The molecule has 1 atom stereocenters. The lowest BCUT2D eigenvalue weighted by molar-refractivity contribution is -0.000412. The van der Waals surface area contributed by atoms with Crippen LogP contribution >= 0.6 is 11.6 Å². The van der Waals surface area contributed by atoms with Gasteiger partial charge in [-0.2, -0.15) is 0 Å². The van der Waals surface area contributed by atoms with Gasteiger partial charge < -0.3 is 5.11 Å². The Labute approximate surface area is 114 Å². The predicted molar refractivity (Wildman–Crippen MR) is 69.4 cm³/mol. The maximum absolute atomic E-state index is 12.0. The van der Waals surface area contributed by atoms with Gasteiger partial charge in [-0.15, -0.1) is 0 Å². The Kier molecular flexibility index (Phi) is 5.86. The number of aliphatic hydroxyl groups is 1. The predicted octanol–water partition coefficient (Wildman–Crippen LogP) is 1.86. The molecule has 2 N–H and O–H groups in total. The molecule has 1 aromatic carbocycles. The number of aliphatic hydroxyl groups excluding tert-OH is 1. The summed E-state index contributed by atoms with van der Waals surface area (Å²) >= 11 is 5.66. The van der Waals surface area contributed by atoms with Crippen molar-refractivity contribution in [1.29, 1.82) is 0 Å². The highest BCUT2D eigenvalue weighted by molar-refractivity contribution is 7.92. The molecule has 0 aliphatic rings. The number of benzene rings is 1. The minimum absolute atomic E-state index is 0.512. The first kappa shape index (κ1) is 16.0. The molecule has 0 radical (unpaired) electrons. The zero-order valence-corrected chi connectivity index (χ0v) is 11.2. The van der Waals surface area contributed by atoms with Crippen molar-refractivity contribution in [2.75, 3.05) is 6.54 Å². The van der Waals surface area contributed by atoms with Gasteiger partial charge in [0.1, 0.15) is 6.10 Å². The van der Waals surface area contributed by atoms with Crippen molar-refractivity contribution in [3.63, 3.8) is 0 Å². The topological polar surface area (TPSA) is 66.4 Å². The average Bonchev–Trinajstić information content (AvgIpc) is 2.35. The van der Waals surface area contributed by atoms with Crippen molar-refractivity contribution in [2.45, 2.75) is 12.5 Å². The Bertz CT molecular complexity index is 531. The first-order valence-electron chi connectivity index (χ1n) is 5.20. The van der Waals surface area contributed by atoms with Crippen LogP contribution in [0.5, 0.6) is 0 Å². The van der Waals surface area contributed by atoms with Crippen molar-refractivity contribution < 1.29 is 22.3 Å². The van der Waals surface area contributed by atoms with E-state index in [1.807, 2.05) is 4.72 Å². The Morgan fingerprint density at radius 1 is 1.32 bits per heavy atom. The molecule has 106 valence electrons. The fourth-order valence-electron chi connectivity index (χ4n) is 1.08. The van der Waals surface area contributed by atoms with Crippen LogP contribution in [0.15, 0.2) is 29.7 Å². The highest BCUT2D eigenvalue weighted by Crippen LogP contribution is 2.11. The summed E-state index contributed by atoms with van der Waals surface area (Å²) < 4.78 is 48.6. The van der Waals surface area contributed by atoms with E-state index in [0.717, 1.165) is 5.41 Å². The van der Waals surface area contributed by atoms with Gasteiger partial charge in [0.2, 0.25) is 10.0 Å². The first-order valence-corrected chi connectivity index (χ1v) is 7.12. The molecule has 0 saturated heterocycles. The number of hydrogen-bond donors (Lipinski definition) is 2. The van der Waals surface area contributed by atoms with Crippen LogP contribution in [0.2, 0.25) is 5.02 Å². The highest BCUT2D eigenvalue weighted by Gasteiger charge is 2.18. The molecule has 0 aliphatic carbocycles. The monoisotopic (exact) mass is 311 g/mol. The van der Waals surface area contributed by atoms with E-state index in [1.54, 1.807) is 24.3 Å². The van der Waals surface area contributed by atoms with Gasteiger partial charge in [-0.25, -0.2) is 21.9 Å². The van der Waals surface area contributed by atoms with E-state index in [9.17, 15) is 17.2 Å². The van der Waals surface area contributed by atoms with Gasteiger partial charge in [-0.05, 0) is 23.8 Å². The van der Waals surface area contributed by atoms with Gasteiger partial charge in [0, 0.05) is 17.0 Å². The van der Waals surface area contributed by atoms with E-state index in [2.05, 4.69) is 0 Å². The molecule has 0 heterocycles. The molecule has 0 spiro atoms. The second-order valence-corrected chi connectivity index (χ2v) is 5.74. The molecule has 1 rings (SSSR count). The summed E-state index contributed by atoms with van der Waals surface area (Å²) in [4.78, 5) is 0. The molecule has 0 saturated carbocycles. The summed E-state index contributed by atoms with van der Waals surface area (Å²) in [5, 5.41) is 10.1. The molecule has 0 amide bonds. The third kappa shape index (κ3) is 6.11. The van der Waals surface area contributed by atoms with E-state index in [4.69, 9.17) is 16.7 Å². The number of hydrogen-bond acceptors (Lipinski definition) is 3. The van der Waals surface area contributed by atoms with Crippen molar-refractivity contribution >= 4 is 27.7 Å². The lowest BCUT2D eigenvalue weighted by Gasteiger charge is -2.09. The fourth-order valence-corrected chi connectivity index (χ4v) is 2.04. The second-order valence-electron chi connectivity index (χ2n) is 3.65. The fraction of sp³-hybridized carbons (Fsp3) is 0.273. The molecular weight excluding hydrogens is 300 g/mol. The maximum Gasteiger partial charge on any atom is 0.265 e. The minimum atomic E-state index is -3.88. The van der Waals surface area contributed by atoms with Crippen LogP contribution < -0.4 is 4.72 Å². The largest absolute Gasteiger partial charge is 0.386 e. The first-order chi connectivity index (χ1) is 8.80. The molecule has 4 nitrogen and oxygen atoms in total. The third-order valence-corrected chi connectivity index (χ3v) is 3.41. The standard InChI is InChI=1S/C11H12ClF2NO3S/c12-9-3-1-8(2-4-9)5-6-19(17,18)15-7-10(16)11(13)14/h1-6,10-11,15-16H,7H2/b6-5+. The summed E-state index contributed by atoms with van der Waals surface area (Å²) in [6, 6.07) is 6.37. The normalized spacial score (nSPS) is 14.2. The lowest BCUT2D eigenvalue weighted by Crippen LogP contribution is -2.34. The van der Waals surface area contributed by atoms with Gasteiger partial charge in [-0.1, -0.05) is 23.7 Å². The SMILES string of the molecule is O=S(=O)(/C=C/c1ccc(Cl)cc1)NCC(O)C(F)F. The number of sulfonamides is 1. The zero-order chi connectivity index (χ0) is 14.5. The van der Waals surface area contributed by atoms with E-state index in [1.165, 1.54) is 6.08 Å². The van der Waals surface area contributed by atoms with Crippen LogP contribution in [-0.2, 0) is 10.0 Å². The van der Waals surface area contributed by atoms with E-state index in [-0.39, 0.29) is 0 Å². The number of alkyl halides is 2. The molecular formula is C11H12ClF2NO3S. The van der Waals surface area contributed by atoms with Gasteiger partial charge in [0.15, 0.2) is 0 Å². The maximum atomic E-state index is 12.0. The summed E-state index contributed by atoms with van der Waals surface area (Å²) in [5.74, 6) is 0. The number of rotatable bonds is 6. The van der Waals surface area contributed by atoms with Crippen LogP contribution in [0.3, 0.4) is 0 Å². The van der Waals surface area contributed by atoms with Crippen LogP contribution in [0.25, 0.3) is 6.08 Å². The van der Waals surface area contributed by atoms with Crippen molar-refractivity contribution in [3.8, 4) is 0 Å². The molecule has 1 unspecified atom stereocenters. The van der Waals surface area contributed by atoms with Gasteiger partial charge in [-0.3, -0.25) is 0 Å². The zero-order valence-electron chi connectivity index (χ0n) is 9.63. The second kappa shape index (κ2) is 6.95. The lowest BCUT2D eigenvalue weighted by atomic mass is 10.2. The van der Waals surface area contributed by atoms with E-state index >= 15 is 0 Å². The molecule has 0 aromatic heterocycles. The van der Waals surface area contributed by atoms with Gasteiger partial charge in [0.25, 0.3) is 6.43 Å². The van der Waals surface area contributed by atoms with Gasteiger partial charge >= 0.3 is 0 Å². The quantitative estimate of drug-likeness (QED) is 0.842. The average molecular weight is 312 g/mol. The van der Waals surface area contributed by atoms with Crippen molar-refractivity contribution in [1.82, 2.24) is 4.72 Å². The van der Waals surface area contributed by atoms with E-state index < -0.39 is 29.1 Å². The van der Waals surface area contributed by atoms with E-state index in [0.29, 0.717) is 10.6 Å². The Morgan fingerprint density at radius 3 is 2.42 bits per heavy atom. The van der Waals surface area contributed by atoms with Crippen LogP contribution in [-0.4, -0.2) is 32.6 Å². The number of nitrogens with one attached hydrogen (secondary N) is 1. The minimum Gasteiger partial charge on any atom is -0.386 e. The van der Waals surface area contributed by atoms with Crippen LogP contribution in [0.1, 0.15) is 5.56 Å². The summed E-state index contributed by atoms with van der Waals surface area (Å²) in [6.07, 6.45) is -3.74. The Hall–Kier alpha value is -1.02. The summed E-state index contributed by atoms with van der Waals surface area (Å²) in [5.41, 5.74) is 0.587. The number of halogens is 3. The van der Waals surface area contributed by atoms with Crippen molar-refractivity contribution in [2.24, 2.45) is 0 Å². The van der Waals surface area contributed by atoms with Crippen LogP contribution in [0, 0.1) is 0 Å².